The molecule has 0 aliphatic carbocycles. The Hall–Kier alpha value is -3.88. The highest BCUT2D eigenvalue weighted by Gasteiger charge is 2.23. The number of hydrogen-bond donors (Lipinski definition) is 2. The van der Waals surface area contributed by atoms with E-state index in [-0.39, 0.29) is 18.9 Å². The van der Waals surface area contributed by atoms with Gasteiger partial charge >= 0.3 is 0 Å². The van der Waals surface area contributed by atoms with E-state index in [2.05, 4.69) is 165 Å². The molecule has 9 heteroatoms. The highest BCUT2D eigenvalue weighted by molar-refractivity contribution is 7.45. The molecule has 0 fully saturated rings. The van der Waals surface area contributed by atoms with E-state index in [4.69, 9.17) is 9.05 Å². The van der Waals surface area contributed by atoms with Crippen LogP contribution >= 0.6 is 7.82 Å². The summed E-state index contributed by atoms with van der Waals surface area (Å²) < 4.78 is 23.1. The third-order valence-corrected chi connectivity index (χ3v) is 11.5. The minimum atomic E-state index is -4.61. The van der Waals surface area contributed by atoms with Crippen LogP contribution in [0.1, 0.15) is 162 Å². The van der Waals surface area contributed by atoms with Gasteiger partial charge in [-0.25, -0.2) is 0 Å². The van der Waals surface area contributed by atoms with Gasteiger partial charge in [0.2, 0.25) is 5.91 Å². The number of allylic oxidation sites excluding steroid dienone is 25. The normalized spacial score (nSPS) is 15.3. The zero-order valence-corrected chi connectivity index (χ0v) is 44.8. The topological polar surface area (TPSA) is 108 Å². The molecular formula is C60H97N2O6P. The summed E-state index contributed by atoms with van der Waals surface area (Å²) in [4.78, 5) is 25.2. The minimum absolute atomic E-state index is 0.0189. The zero-order valence-electron chi connectivity index (χ0n) is 43.9. The molecule has 2 N–H and O–H groups in total. The third-order valence-electron chi connectivity index (χ3n) is 10.5. The van der Waals surface area contributed by atoms with Crippen molar-refractivity contribution in [2.75, 3.05) is 40.9 Å². The molecule has 69 heavy (non-hydrogen) atoms. The summed E-state index contributed by atoms with van der Waals surface area (Å²) in [7, 11) is 1.20. The molecule has 388 valence electrons. The van der Waals surface area contributed by atoms with E-state index in [0.29, 0.717) is 17.4 Å². The molecule has 0 heterocycles. The van der Waals surface area contributed by atoms with Gasteiger partial charge in [0.1, 0.15) is 13.2 Å². The van der Waals surface area contributed by atoms with Crippen molar-refractivity contribution in [3.63, 3.8) is 0 Å². The zero-order chi connectivity index (χ0) is 50.6. The van der Waals surface area contributed by atoms with E-state index in [9.17, 15) is 19.4 Å². The van der Waals surface area contributed by atoms with Crippen molar-refractivity contribution in [3.05, 3.63) is 158 Å². The average molecular weight is 973 g/mol. The van der Waals surface area contributed by atoms with Gasteiger partial charge in [-0.1, -0.05) is 204 Å². The number of phosphoric ester groups is 1. The van der Waals surface area contributed by atoms with Gasteiger partial charge in [-0.2, -0.15) is 0 Å². The molecular weight excluding hydrogens is 876 g/mol. The quantitative estimate of drug-likeness (QED) is 0.0272. The smallest absolute Gasteiger partial charge is 0.268 e. The molecule has 0 bridgehead atoms. The standard InChI is InChI=1S/C60H97N2O6P/c1-6-8-10-12-14-16-17-18-19-20-21-22-23-24-25-26-27-28-29-30-31-32-33-34-35-36-37-38-39-40-41-42-43-44-45-46-48-50-52-54-60(64)61-58(57-68-69(65,66)67-56-55-62(3,4)5)59(63)53-51-49-47-15-13-11-9-7-2/h8,10,14,16,18-19,21-22,24-25,27-28,30-31,33-34,36-37,39-40,42-43,45-46,51,53,58-59,63H,6-7,9,11-13,15,17,20,23,26,29,32,35,38,41,44,47-50,52,54-57H2,1-5H3,(H-,61,64,65,66)/b10-8-,16-14-,19-18-,22-21-,25-24-,28-27-,31-30-,34-33-,37-36-,40-39-,43-42-,46-45-,53-51+. The number of likely N-dealkylation sites (N-methyl/N-ethyl adjacent to an activating group) is 1. The first-order chi connectivity index (χ1) is 33.5. The summed E-state index contributed by atoms with van der Waals surface area (Å²) in [6.45, 7) is 4.41. The molecule has 0 saturated carbocycles. The minimum Gasteiger partial charge on any atom is -0.756 e. The molecule has 8 nitrogen and oxygen atoms in total. The van der Waals surface area contributed by atoms with E-state index in [1.54, 1.807) is 6.08 Å². The Bertz CT molecular complexity index is 1670. The van der Waals surface area contributed by atoms with Crippen molar-refractivity contribution in [3.8, 4) is 0 Å². The number of hydrogen-bond acceptors (Lipinski definition) is 6. The number of nitrogens with one attached hydrogen (secondary N) is 1. The average Bonchev–Trinajstić information content (AvgIpc) is 3.31. The van der Waals surface area contributed by atoms with Crippen molar-refractivity contribution in [2.24, 2.45) is 0 Å². The molecule has 0 spiro atoms. The summed E-state index contributed by atoms with van der Waals surface area (Å²) >= 11 is 0. The molecule has 1 amide bonds. The number of unbranched alkanes of at least 4 members (excludes halogenated alkanes) is 8. The first-order valence-corrected chi connectivity index (χ1v) is 27.8. The molecule has 0 saturated heterocycles. The van der Waals surface area contributed by atoms with Crippen LogP contribution in [0.2, 0.25) is 0 Å². The van der Waals surface area contributed by atoms with Crippen LogP contribution < -0.4 is 10.2 Å². The van der Waals surface area contributed by atoms with E-state index < -0.39 is 26.6 Å². The molecule has 3 unspecified atom stereocenters. The van der Waals surface area contributed by atoms with Crippen LogP contribution in [0, 0.1) is 0 Å². The first kappa shape index (κ1) is 65.1. The van der Waals surface area contributed by atoms with Crippen LogP contribution in [-0.4, -0.2) is 68.5 Å². The molecule has 0 aromatic carbocycles. The van der Waals surface area contributed by atoms with Crippen LogP contribution in [-0.2, 0) is 18.4 Å². The molecule has 0 aliphatic heterocycles. The number of phosphoric acid groups is 1. The summed E-state index contributed by atoms with van der Waals surface area (Å²) in [6, 6.07) is -0.919. The first-order valence-electron chi connectivity index (χ1n) is 26.3. The lowest BCUT2D eigenvalue weighted by Gasteiger charge is -2.29. The Balaban J connectivity index is 4.19. The van der Waals surface area contributed by atoms with E-state index in [0.717, 1.165) is 109 Å². The summed E-state index contributed by atoms with van der Waals surface area (Å²) in [5.41, 5.74) is 0. The summed E-state index contributed by atoms with van der Waals surface area (Å²) in [5, 5.41) is 13.7. The number of nitrogens with zero attached hydrogens (tertiary/aromatic N) is 1. The lowest BCUT2D eigenvalue weighted by molar-refractivity contribution is -0.870. The van der Waals surface area contributed by atoms with Crippen molar-refractivity contribution >= 4 is 13.7 Å². The second-order valence-corrected chi connectivity index (χ2v) is 19.6. The molecule has 0 radical (unpaired) electrons. The fourth-order valence-electron chi connectivity index (χ4n) is 6.37. The number of carbonyl (C=O) groups is 1. The SMILES string of the molecule is CC/C=C\C/C=C\C/C=C\C/C=C\C/C=C\C/C=C\C/C=C\C/C=C\C/C=C\C/C=C\C/C=C\C/C=C\CCCCC(=O)NC(COP(=O)([O-])OCC[N+](C)(C)C)C(O)/C=C/CCCCCCCC. The van der Waals surface area contributed by atoms with Crippen LogP contribution in [0.25, 0.3) is 0 Å². The van der Waals surface area contributed by atoms with Crippen LogP contribution in [0.4, 0.5) is 0 Å². The largest absolute Gasteiger partial charge is 0.756 e. The van der Waals surface area contributed by atoms with Gasteiger partial charge in [0.05, 0.1) is 39.9 Å². The highest BCUT2D eigenvalue weighted by atomic mass is 31.2. The van der Waals surface area contributed by atoms with Gasteiger partial charge in [-0.05, 0) is 109 Å². The molecule has 3 atom stereocenters. The van der Waals surface area contributed by atoms with Gasteiger partial charge in [0.25, 0.3) is 7.82 Å². The Morgan fingerprint density at radius 1 is 0.522 bits per heavy atom. The predicted octanol–water partition coefficient (Wildman–Crippen LogP) is 15.3. The maximum Gasteiger partial charge on any atom is 0.268 e. The van der Waals surface area contributed by atoms with E-state index >= 15 is 0 Å². The van der Waals surface area contributed by atoms with Gasteiger partial charge in [-0.3, -0.25) is 9.36 Å². The maximum atomic E-state index is 12.8. The Kier molecular flexibility index (Phi) is 46.4. The highest BCUT2D eigenvalue weighted by Crippen LogP contribution is 2.38. The lowest BCUT2D eigenvalue weighted by atomic mass is 10.1. The number of carbonyl (C=O) groups excluding carboxylic acids is 1. The van der Waals surface area contributed by atoms with Crippen LogP contribution in [0.5, 0.6) is 0 Å². The van der Waals surface area contributed by atoms with Gasteiger partial charge in [-0.15, -0.1) is 0 Å². The molecule has 0 aliphatic rings. The predicted molar refractivity (Wildman–Crippen MR) is 297 cm³/mol. The summed E-state index contributed by atoms with van der Waals surface area (Å²) in [5.74, 6) is -0.252. The molecule has 0 rings (SSSR count). The number of amides is 1. The van der Waals surface area contributed by atoms with Crippen LogP contribution in [0.3, 0.4) is 0 Å². The lowest BCUT2D eigenvalue weighted by Crippen LogP contribution is -2.45. The third kappa shape index (κ3) is 51.8. The Morgan fingerprint density at radius 3 is 1.29 bits per heavy atom. The van der Waals surface area contributed by atoms with Gasteiger partial charge in [0.15, 0.2) is 0 Å². The Labute approximate surface area is 422 Å². The number of aliphatic hydroxyl groups excluding tert-OH is 1. The van der Waals surface area contributed by atoms with E-state index in [1.807, 2.05) is 27.2 Å². The fourth-order valence-corrected chi connectivity index (χ4v) is 7.09. The monoisotopic (exact) mass is 973 g/mol. The summed E-state index contributed by atoms with van der Waals surface area (Å²) in [6.07, 6.45) is 77.7. The van der Waals surface area contributed by atoms with Crippen LogP contribution in [0.15, 0.2) is 158 Å². The fraction of sp³-hybridized carbons (Fsp3) is 0.550. The van der Waals surface area contributed by atoms with Crippen molar-refractivity contribution in [2.45, 2.75) is 174 Å². The van der Waals surface area contributed by atoms with Crippen molar-refractivity contribution < 1.29 is 32.9 Å². The number of aliphatic hydroxyl groups is 1. The van der Waals surface area contributed by atoms with Gasteiger partial charge in [0, 0.05) is 6.42 Å². The second kappa shape index (κ2) is 49.1. The van der Waals surface area contributed by atoms with Crippen molar-refractivity contribution in [1.82, 2.24) is 5.32 Å². The Morgan fingerprint density at radius 2 is 0.884 bits per heavy atom. The van der Waals surface area contributed by atoms with Gasteiger partial charge < -0.3 is 28.8 Å². The number of rotatable bonds is 45. The molecule has 0 aromatic heterocycles. The maximum absolute atomic E-state index is 12.8. The second-order valence-electron chi connectivity index (χ2n) is 18.1. The van der Waals surface area contributed by atoms with E-state index in [1.165, 1.54) is 25.7 Å². The van der Waals surface area contributed by atoms with Crippen molar-refractivity contribution in [1.29, 1.82) is 0 Å². The molecule has 0 aromatic rings. The number of quaternary nitrogens is 1.